The molecule has 3 aliphatic heterocycles. The van der Waals surface area contributed by atoms with Gasteiger partial charge >= 0.3 is 0 Å². The van der Waals surface area contributed by atoms with Crippen LogP contribution < -0.4 is 24.8 Å². The van der Waals surface area contributed by atoms with Crippen LogP contribution in [0.3, 0.4) is 0 Å². The van der Waals surface area contributed by atoms with E-state index in [1.165, 1.54) is 5.56 Å². The van der Waals surface area contributed by atoms with Crippen LogP contribution in [0.1, 0.15) is 24.0 Å². The molecule has 1 aliphatic carbocycles. The number of benzene rings is 2. The van der Waals surface area contributed by atoms with Crippen molar-refractivity contribution in [1.82, 2.24) is 5.32 Å². The molecule has 0 saturated carbocycles. The van der Waals surface area contributed by atoms with Crippen LogP contribution in [0.4, 0.5) is 5.69 Å². The van der Waals surface area contributed by atoms with E-state index in [1.807, 2.05) is 30.3 Å². The van der Waals surface area contributed by atoms with Crippen LogP contribution in [-0.2, 0) is 21.6 Å². The number of ether oxygens (including phenoxy) is 4. The lowest BCUT2D eigenvalue weighted by molar-refractivity contribution is -0.119. The summed E-state index contributed by atoms with van der Waals surface area (Å²) in [5, 5.41) is 7.05. The van der Waals surface area contributed by atoms with Crippen LogP contribution in [-0.4, -0.2) is 44.9 Å². The molecular weight excluding hydrogens is 408 g/mol. The summed E-state index contributed by atoms with van der Waals surface area (Å²) in [7, 11) is 1.65. The third-order valence-electron chi connectivity index (χ3n) is 7.09. The Morgan fingerprint density at radius 3 is 2.78 bits per heavy atom. The first-order chi connectivity index (χ1) is 15.7. The third-order valence-corrected chi connectivity index (χ3v) is 7.09. The highest BCUT2D eigenvalue weighted by Gasteiger charge is 2.56. The van der Waals surface area contributed by atoms with E-state index < -0.39 is 0 Å². The smallest absolute Gasteiger partial charge is 0.231 e. The van der Waals surface area contributed by atoms with Crippen LogP contribution in [0, 0.1) is 0 Å². The SMILES string of the molecule is COc1ccc(COCCC2=C[C@@]34CCNC(C2=O)C3Nc2cc3c(cc24)OCO3)cc1. The molecule has 1 fully saturated rings. The Bertz CT molecular complexity index is 1100. The largest absolute Gasteiger partial charge is 0.497 e. The second-order valence-corrected chi connectivity index (χ2v) is 8.78. The van der Waals surface area contributed by atoms with Crippen molar-refractivity contribution in [2.75, 3.05) is 32.4 Å². The first-order valence-corrected chi connectivity index (χ1v) is 11.1. The van der Waals surface area contributed by atoms with Gasteiger partial charge in [0.05, 0.1) is 32.4 Å². The fourth-order valence-electron chi connectivity index (χ4n) is 5.49. The minimum absolute atomic E-state index is 0.00486. The highest BCUT2D eigenvalue weighted by molar-refractivity contribution is 6.03. The van der Waals surface area contributed by atoms with E-state index in [4.69, 9.17) is 18.9 Å². The van der Waals surface area contributed by atoms with Gasteiger partial charge in [-0.2, -0.15) is 0 Å². The van der Waals surface area contributed by atoms with Crippen molar-refractivity contribution in [3.63, 3.8) is 0 Å². The van der Waals surface area contributed by atoms with Gasteiger partial charge in [-0.15, -0.1) is 0 Å². The Hall–Kier alpha value is -3.03. The molecule has 3 atom stereocenters. The Kier molecular flexibility index (Phi) is 4.62. The number of methoxy groups -OCH3 is 1. The van der Waals surface area contributed by atoms with Crippen LogP contribution in [0.5, 0.6) is 17.2 Å². The van der Waals surface area contributed by atoms with Gasteiger partial charge in [-0.3, -0.25) is 4.79 Å². The normalized spacial score (nSPS) is 26.8. The van der Waals surface area contributed by atoms with Crippen molar-refractivity contribution in [2.45, 2.75) is 36.9 Å². The fraction of sp³-hybridized carbons (Fsp3) is 0.400. The monoisotopic (exact) mass is 434 g/mol. The number of carbonyl (C=O) groups is 1. The first kappa shape index (κ1) is 19.6. The zero-order valence-corrected chi connectivity index (χ0v) is 18.0. The lowest BCUT2D eigenvalue weighted by Gasteiger charge is -2.46. The van der Waals surface area contributed by atoms with E-state index in [9.17, 15) is 4.79 Å². The number of piperidine rings is 1. The summed E-state index contributed by atoms with van der Waals surface area (Å²) in [6.07, 6.45) is 3.73. The number of fused-ring (bicyclic) bond motifs is 2. The highest BCUT2D eigenvalue weighted by Crippen LogP contribution is 2.53. The number of ketones is 1. The first-order valence-electron chi connectivity index (χ1n) is 11.1. The van der Waals surface area contributed by atoms with Crippen molar-refractivity contribution in [3.8, 4) is 17.2 Å². The van der Waals surface area contributed by atoms with E-state index in [0.717, 1.165) is 47.0 Å². The molecule has 2 N–H and O–H groups in total. The van der Waals surface area contributed by atoms with E-state index in [2.05, 4.69) is 22.8 Å². The molecular formula is C25H26N2O5. The Labute approximate surface area is 186 Å². The molecule has 2 unspecified atom stereocenters. The van der Waals surface area contributed by atoms with Gasteiger partial charge in [-0.25, -0.2) is 0 Å². The molecule has 7 heteroatoms. The van der Waals surface area contributed by atoms with E-state index >= 15 is 0 Å². The minimum Gasteiger partial charge on any atom is -0.497 e. The number of Topliss-reactive ketones (excluding diaryl/α,β-unsaturated/α-hetero) is 1. The minimum atomic E-state index is -0.241. The van der Waals surface area contributed by atoms with Crippen LogP contribution in [0.25, 0.3) is 0 Å². The van der Waals surface area contributed by atoms with Crippen molar-refractivity contribution < 1.29 is 23.7 Å². The topological polar surface area (TPSA) is 78.1 Å². The maximum atomic E-state index is 13.3. The maximum Gasteiger partial charge on any atom is 0.231 e. The number of hydrogen-bond acceptors (Lipinski definition) is 7. The van der Waals surface area contributed by atoms with Gasteiger partial charge in [-0.1, -0.05) is 18.2 Å². The third kappa shape index (κ3) is 2.99. The number of hydrogen-bond donors (Lipinski definition) is 2. The average Bonchev–Trinajstić information content (AvgIpc) is 3.40. The molecule has 0 aromatic heterocycles. The summed E-state index contributed by atoms with van der Waals surface area (Å²) in [5.74, 6) is 2.54. The van der Waals surface area contributed by atoms with Crippen molar-refractivity contribution in [2.24, 2.45) is 0 Å². The van der Waals surface area contributed by atoms with Crippen molar-refractivity contribution >= 4 is 11.5 Å². The Morgan fingerprint density at radius 1 is 1.16 bits per heavy atom. The van der Waals surface area contributed by atoms with Gasteiger partial charge in [0, 0.05) is 17.2 Å². The molecule has 4 aliphatic rings. The summed E-state index contributed by atoms with van der Waals surface area (Å²) in [4.78, 5) is 13.3. The molecule has 3 heterocycles. The number of rotatable bonds is 6. The molecule has 0 radical (unpaired) electrons. The van der Waals surface area contributed by atoms with Crippen molar-refractivity contribution in [1.29, 1.82) is 0 Å². The second kappa shape index (κ2) is 7.53. The summed E-state index contributed by atoms with van der Waals surface area (Å²) in [6, 6.07) is 11.7. The van der Waals surface area contributed by atoms with Gasteiger partial charge < -0.3 is 29.6 Å². The molecule has 32 heavy (non-hydrogen) atoms. The van der Waals surface area contributed by atoms with E-state index in [0.29, 0.717) is 19.6 Å². The molecule has 2 bridgehead atoms. The predicted octanol–water partition coefficient (Wildman–Crippen LogP) is 2.93. The highest BCUT2D eigenvalue weighted by atomic mass is 16.7. The van der Waals surface area contributed by atoms with E-state index in [-0.39, 0.29) is 30.1 Å². The summed E-state index contributed by atoms with van der Waals surface area (Å²) in [5.41, 5.74) is 3.94. The number of nitrogens with one attached hydrogen (secondary N) is 2. The quantitative estimate of drug-likeness (QED) is 0.677. The average molecular weight is 434 g/mol. The molecule has 2 aromatic rings. The molecule has 7 nitrogen and oxygen atoms in total. The standard InChI is InChI=1S/C25H26N2O5/c1-29-17-4-2-15(3-5-17)13-30-9-6-16-12-25-7-8-26-22(23(16)28)24(25)27-19-11-21-20(10-18(19)25)31-14-32-21/h2-5,10-12,22,24,26-27H,6-9,13-14H2,1H3/t22?,24?,25-/m1/s1. The molecule has 166 valence electrons. The van der Waals surface area contributed by atoms with Crippen LogP contribution in [0.2, 0.25) is 0 Å². The Morgan fingerprint density at radius 2 is 1.97 bits per heavy atom. The van der Waals surface area contributed by atoms with Gasteiger partial charge in [0.25, 0.3) is 0 Å². The molecule has 0 spiro atoms. The summed E-state index contributed by atoms with van der Waals surface area (Å²) >= 11 is 0. The fourth-order valence-corrected chi connectivity index (χ4v) is 5.49. The lowest BCUT2D eigenvalue weighted by atomic mass is 9.63. The molecule has 1 saturated heterocycles. The van der Waals surface area contributed by atoms with Gasteiger partial charge in [0.15, 0.2) is 17.3 Å². The van der Waals surface area contributed by atoms with Crippen molar-refractivity contribution in [3.05, 3.63) is 59.2 Å². The molecule has 2 aromatic carbocycles. The number of carbonyl (C=O) groups excluding carboxylic acids is 1. The number of anilines is 1. The van der Waals surface area contributed by atoms with E-state index in [1.54, 1.807) is 7.11 Å². The lowest BCUT2D eigenvalue weighted by Crippen LogP contribution is -2.63. The van der Waals surface area contributed by atoms with Crippen LogP contribution >= 0.6 is 0 Å². The maximum absolute atomic E-state index is 13.3. The molecule has 6 rings (SSSR count). The van der Waals surface area contributed by atoms with Gasteiger partial charge in [-0.05, 0) is 54.3 Å². The van der Waals surface area contributed by atoms with Gasteiger partial charge in [0.2, 0.25) is 6.79 Å². The second-order valence-electron chi connectivity index (χ2n) is 8.78. The Balaban J connectivity index is 1.22. The molecule has 0 amide bonds. The zero-order chi connectivity index (χ0) is 21.7. The predicted molar refractivity (Wildman–Crippen MR) is 118 cm³/mol. The van der Waals surface area contributed by atoms with Crippen LogP contribution in [0.15, 0.2) is 48.0 Å². The zero-order valence-electron chi connectivity index (χ0n) is 18.0. The summed E-state index contributed by atoms with van der Waals surface area (Å²) < 4.78 is 22.3. The summed E-state index contributed by atoms with van der Waals surface area (Å²) in [6.45, 7) is 2.07. The van der Waals surface area contributed by atoms with Gasteiger partial charge in [0.1, 0.15) is 5.75 Å².